The van der Waals surface area contributed by atoms with Gasteiger partial charge in [-0.05, 0) is 12.8 Å². The first-order chi connectivity index (χ1) is 8.70. The Kier molecular flexibility index (Phi) is 11.3. The zero-order chi connectivity index (χ0) is 13.6. The monoisotopic (exact) mass is 254 g/mol. The minimum atomic E-state index is 0.0195. The quantitative estimate of drug-likeness (QED) is 0.463. The van der Waals surface area contributed by atoms with Gasteiger partial charge in [0.2, 0.25) is 11.8 Å². The number of nitrogens with one attached hydrogen (secondary N) is 2. The van der Waals surface area contributed by atoms with E-state index in [0.717, 1.165) is 38.8 Å². The highest BCUT2D eigenvalue weighted by atomic mass is 16.2. The van der Waals surface area contributed by atoms with Crippen LogP contribution in [-0.2, 0) is 9.59 Å². The van der Waals surface area contributed by atoms with Crippen LogP contribution in [-0.4, -0.2) is 24.9 Å². The summed E-state index contributed by atoms with van der Waals surface area (Å²) in [7, 11) is 0. The van der Waals surface area contributed by atoms with Crippen LogP contribution in [0.2, 0.25) is 0 Å². The van der Waals surface area contributed by atoms with E-state index in [9.17, 15) is 9.59 Å². The van der Waals surface area contributed by atoms with E-state index in [-0.39, 0.29) is 11.8 Å². The summed E-state index contributed by atoms with van der Waals surface area (Å²) in [6, 6.07) is 0. The molecule has 0 aromatic rings. The van der Waals surface area contributed by atoms with Gasteiger partial charge in [0, 0.05) is 25.9 Å². The third kappa shape index (κ3) is 11.2. The summed E-state index contributed by atoms with van der Waals surface area (Å²) >= 11 is 0. The maximum Gasteiger partial charge on any atom is 0.223 e. The third-order valence-corrected chi connectivity index (χ3v) is 2.48. The zero-order valence-corrected chi connectivity index (χ0v) is 11.6. The molecule has 2 amide bonds. The molecule has 0 saturated heterocycles. The third-order valence-electron chi connectivity index (χ3n) is 2.48. The second kappa shape index (κ2) is 12.1. The number of rotatable bonds is 10. The lowest BCUT2D eigenvalue weighted by atomic mass is 10.3. The van der Waals surface area contributed by atoms with Gasteiger partial charge in [-0.1, -0.05) is 38.8 Å². The maximum absolute atomic E-state index is 11.3. The fourth-order valence-electron chi connectivity index (χ4n) is 1.33. The number of carbonyl (C=O) groups is 2. The molecule has 0 spiro atoms. The van der Waals surface area contributed by atoms with Gasteiger partial charge in [0.05, 0.1) is 0 Å². The van der Waals surface area contributed by atoms with Gasteiger partial charge in [-0.3, -0.25) is 9.59 Å². The van der Waals surface area contributed by atoms with Crippen LogP contribution in [0.3, 0.4) is 0 Å². The van der Waals surface area contributed by atoms with Crippen LogP contribution in [0.1, 0.15) is 52.4 Å². The first-order valence-electron chi connectivity index (χ1n) is 6.89. The SMILES string of the molecule is CCCCNC(=O)C/C=C/CC(=O)NCCCC. The summed E-state index contributed by atoms with van der Waals surface area (Å²) in [5.41, 5.74) is 0. The van der Waals surface area contributed by atoms with Crippen molar-refractivity contribution in [1.29, 1.82) is 0 Å². The average molecular weight is 254 g/mol. The Morgan fingerprint density at radius 1 is 0.833 bits per heavy atom. The van der Waals surface area contributed by atoms with Gasteiger partial charge in [0.15, 0.2) is 0 Å². The van der Waals surface area contributed by atoms with E-state index >= 15 is 0 Å². The molecule has 4 nitrogen and oxygen atoms in total. The lowest BCUT2D eigenvalue weighted by Crippen LogP contribution is -2.24. The number of hydrogen-bond acceptors (Lipinski definition) is 2. The van der Waals surface area contributed by atoms with Gasteiger partial charge in [-0.15, -0.1) is 0 Å². The number of unbranched alkanes of at least 4 members (excludes halogenated alkanes) is 2. The summed E-state index contributed by atoms with van der Waals surface area (Å²) < 4.78 is 0. The largest absolute Gasteiger partial charge is 0.356 e. The zero-order valence-electron chi connectivity index (χ0n) is 11.6. The molecule has 0 saturated carbocycles. The van der Waals surface area contributed by atoms with Gasteiger partial charge < -0.3 is 10.6 Å². The molecule has 0 aliphatic carbocycles. The average Bonchev–Trinajstić information content (AvgIpc) is 2.35. The molecule has 2 N–H and O–H groups in total. The lowest BCUT2D eigenvalue weighted by molar-refractivity contribution is -0.121. The first-order valence-corrected chi connectivity index (χ1v) is 6.89. The van der Waals surface area contributed by atoms with Gasteiger partial charge in [0.1, 0.15) is 0 Å². The summed E-state index contributed by atoms with van der Waals surface area (Å²) in [6.07, 6.45) is 8.38. The second-order valence-corrected chi connectivity index (χ2v) is 4.29. The van der Waals surface area contributed by atoms with Gasteiger partial charge >= 0.3 is 0 Å². The van der Waals surface area contributed by atoms with E-state index in [2.05, 4.69) is 24.5 Å². The second-order valence-electron chi connectivity index (χ2n) is 4.29. The van der Waals surface area contributed by atoms with E-state index in [1.54, 1.807) is 12.2 Å². The summed E-state index contributed by atoms with van der Waals surface area (Å²) in [5, 5.41) is 5.65. The van der Waals surface area contributed by atoms with Gasteiger partial charge in [-0.25, -0.2) is 0 Å². The first kappa shape index (κ1) is 16.7. The Bertz CT molecular complexity index is 237. The Morgan fingerprint density at radius 3 is 1.56 bits per heavy atom. The molecule has 104 valence electrons. The van der Waals surface area contributed by atoms with Crippen molar-refractivity contribution < 1.29 is 9.59 Å². The van der Waals surface area contributed by atoms with Crippen molar-refractivity contribution >= 4 is 11.8 Å². The lowest BCUT2D eigenvalue weighted by Gasteiger charge is -2.02. The highest BCUT2D eigenvalue weighted by Crippen LogP contribution is 1.90. The molecule has 4 heteroatoms. The Hall–Kier alpha value is -1.32. The van der Waals surface area contributed by atoms with Crippen LogP contribution < -0.4 is 10.6 Å². The highest BCUT2D eigenvalue weighted by molar-refractivity contribution is 5.79. The van der Waals surface area contributed by atoms with Crippen molar-refractivity contribution in [2.45, 2.75) is 52.4 Å². The predicted octanol–water partition coefficient (Wildman–Crippen LogP) is 2.16. The molecule has 0 aliphatic heterocycles. The minimum absolute atomic E-state index is 0.0195. The molecule has 0 radical (unpaired) electrons. The van der Waals surface area contributed by atoms with E-state index in [4.69, 9.17) is 0 Å². The van der Waals surface area contributed by atoms with Crippen molar-refractivity contribution in [2.24, 2.45) is 0 Å². The molecular formula is C14H26N2O2. The standard InChI is InChI=1S/C14H26N2O2/c1-3-5-11-15-13(17)9-7-8-10-14(18)16-12-6-4-2/h7-8H,3-6,9-12H2,1-2H3,(H,15,17)(H,16,18)/b8-7+. The molecule has 0 heterocycles. The van der Waals surface area contributed by atoms with Crippen LogP contribution >= 0.6 is 0 Å². The van der Waals surface area contributed by atoms with Crippen LogP contribution in [0.25, 0.3) is 0 Å². The normalized spacial score (nSPS) is 10.6. The van der Waals surface area contributed by atoms with Crippen molar-refractivity contribution in [3.8, 4) is 0 Å². The van der Waals surface area contributed by atoms with Crippen molar-refractivity contribution in [3.05, 3.63) is 12.2 Å². The Balaban J connectivity index is 3.51. The van der Waals surface area contributed by atoms with E-state index in [1.165, 1.54) is 0 Å². The molecule has 0 atom stereocenters. The highest BCUT2D eigenvalue weighted by Gasteiger charge is 1.98. The van der Waals surface area contributed by atoms with Crippen molar-refractivity contribution in [1.82, 2.24) is 10.6 Å². The Labute approximate surface area is 110 Å². The minimum Gasteiger partial charge on any atom is -0.356 e. The molecule has 0 aromatic heterocycles. The molecule has 0 aliphatic rings. The topological polar surface area (TPSA) is 58.2 Å². The van der Waals surface area contributed by atoms with E-state index < -0.39 is 0 Å². The summed E-state index contributed by atoms with van der Waals surface area (Å²) in [5.74, 6) is 0.0391. The summed E-state index contributed by atoms with van der Waals surface area (Å²) in [6.45, 7) is 5.65. The predicted molar refractivity (Wildman–Crippen MR) is 74.2 cm³/mol. The van der Waals surface area contributed by atoms with Crippen molar-refractivity contribution in [3.63, 3.8) is 0 Å². The fraction of sp³-hybridized carbons (Fsp3) is 0.714. The maximum atomic E-state index is 11.3. The molecule has 0 bridgehead atoms. The molecule has 0 unspecified atom stereocenters. The number of carbonyl (C=O) groups excluding carboxylic acids is 2. The van der Waals surface area contributed by atoms with Crippen molar-refractivity contribution in [2.75, 3.05) is 13.1 Å². The van der Waals surface area contributed by atoms with E-state index in [1.807, 2.05) is 0 Å². The smallest absolute Gasteiger partial charge is 0.223 e. The fourth-order valence-corrected chi connectivity index (χ4v) is 1.33. The molecule has 0 fully saturated rings. The van der Waals surface area contributed by atoms with Gasteiger partial charge in [-0.2, -0.15) is 0 Å². The number of hydrogen-bond donors (Lipinski definition) is 2. The van der Waals surface area contributed by atoms with Crippen LogP contribution in [0, 0.1) is 0 Å². The molecule has 0 rings (SSSR count). The van der Waals surface area contributed by atoms with Crippen LogP contribution in [0.15, 0.2) is 12.2 Å². The van der Waals surface area contributed by atoms with Gasteiger partial charge in [0.25, 0.3) is 0 Å². The van der Waals surface area contributed by atoms with Crippen LogP contribution in [0.5, 0.6) is 0 Å². The van der Waals surface area contributed by atoms with Crippen LogP contribution in [0.4, 0.5) is 0 Å². The summed E-state index contributed by atoms with van der Waals surface area (Å²) in [4.78, 5) is 22.6. The number of amides is 2. The van der Waals surface area contributed by atoms with E-state index in [0.29, 0.717) is 12.8 Å². The molecule has 18 heavy (non-hydrogen) atoms. The Morgan fingerprint density at radius 2 is 1.22 bits per heavy atom. The molecular weight excluding hydrogens is 228 g/mol. The molecule has 0 aromatic carbocycles.